The largest absolute Gasteiger partial charge is 0.294 e. The summed E-state index contributed by atoms with van der Waals surface area (Å²) in [6.07, 6.45) is 0. The van der Waals surface area contributed by atoms with E-state index in [9.17, 15) is 4.79 Å². The maximum Gasteiger partial charge on any atom is 0.238 e. The molecule has 4 heteroatoms. The molecule has 0 bridgehead atoms. The van der Waals surface area contributed by atoms with E-state index in [1.54, 1.807) is 19.0 Å². The Labute approximate surface area is 58.1 Å². The lowest BCUT2D eigenvalue weighted by Gasteiger charge is -2.05. The number of thioether (sulfide) groups is 1. The Morgan fingerprint density at radius 1 is 1.78 bits per heavy atom. The summed E-state index contributed by atoms with van der Waals surface area (Å²) < 4.78 is 0. The standard InChI is InChI=1S/C5H8N2OS/c1-6-5-7(2)4(8)3-9-5/h3H2,1-2H3. The van der Waals surface area contributed by atoms with E-state index in [1.165, 1.54) is 11.8 Å². The van der Waals surface area contributed by atoms with Crippen LogP contribution >= 0.6 is 11.8 Å². The summed E-state index contributed by atoms with van der Waals surface area (Å²) in [6.45, 7) is 0. The van der Waals surface area contributed by atoms with E-state index in [4.69, 9.17) is 0 Å². The highest BCUT2D eigenvalue weighted by atomic mass is 32.2. The second-order valence-electron chi connectivity index (χ2n) is 1.75. The summed E-state index contributed by atoms with van der Waals surface area (Å²) in [6, 6.07) is 0. The van der Waals surface area contributed by atoms with Crippen LogP contribution in [-0.2, 0) is 4.79 Å². The molecule has 0 aliphatic carbocycles. The van der Waals surface area contributed by atoms with Crippen LogP contribution in [0, 0.1) is 0 Å². The minimum absolute atomic E-state index is 0.139. The van der Waals surface area contributed by atoms with E-state index in [0.717, 1.165) is 5.17 Å². The quantitative estimate of drug-likeness (QED) is 0.485. The lowest BCUT2D eigenvalue weighted by atomic mass is 10.6. The van der Waals surface area contributed by atoms with Crippen molar-refractivity contribution in [3.63, 3.8) is 0 Å². The summed E-state index contributed by atoms with van der Waals surface area (Å²) >= 11 is 1.48. The minimum Gasteiger partial charge on any atom is -0.294 e. The van der Waals surface area contributed by atoms with Crippen molar-refractivity contribution in [3.05, 3.63) is 0 Å². The van der Waals surface area contributed by atoms with Gasteiger partial charge in [-0.1, -0.05) is 11.8 Å². The first-order valence-corrected chi connectivity index (χ1v) is 3.60. The molecule has 1 fully saturated rings. The Hall–Kier alpha value is -0.510. The van der Waals surface area contributed by atoms with Crippen LogP contribution in [0.5, 0.6) is 0 Å². The Kier molecular flexibility index (Phi) is 1.75. The molecule has 1 aliphatic rings. The van der Waals surface area contributed by atoms with Gasteiger partial charge in [-0.15, -0.1) is 0 Å². The van der Waals surface area contributed by atoms with E-state index < -0.39 is 0 Å². The zero-order valence-electron chi connectivity index (χ0n) is 5.42. The van der Waals surface area contributed by atoms with Gasteiger partial charge >= 0.3 is 0 Å². The van der Waals surface area contributed by atoms with Crippen molar-refractivity contribution in [1.82, 2.24) is 4.90 Å². The Balaban J connectivity index is 2.73. The van der Waals surface area contributed by atoms with Gasteiger partial charge in [-0.2, -0.15) is 0 Å². The molecule has 1 rings (SSSR count). The Morgan fingerprint density at radius 3 is 2.67 bits per heavy atom. The maximum absolute atomic E-state index is 10.8. The van der Waals surface area contributed by atoms with Gasteiger partial charge in [0.25, 0.3) is 0 Å². The molecular formula is C5H8N2OS. The molecule has 1 heterocycles. The average molecular weight is 144 g/mol. The number of nitrogens with zero attached hydrogens (tertiary/aromatic N) is 2. The van der Waals surface area contributed by atoms with Gasteiger partial charge in [-0.3, -0.25) is 14.7 Å². The highest BCUT2D eigenvalue weighted by Gasteiger charge is 2.22. The molecule has 9 heavy (non-hydrogen) atoms. The molecule has 0 spiro atoms. The number of hydrogen-bond donors (Lipinski definition) is 0. The van der Waals surface area contributed by atoms with Gasteiger partial charge in [0.1, 0.15) is 0 Å². The van der Waals surface area contributed by atoms with Crippen LogP contribution in [0.2, 0.25) is 0 Å². The number of carbonyl (C=O) groups excluding carboxylic acids is 1. The van der Waals surface area contributed by atoms with Crippen LogP contribution in [0.4, 0.5) is 0 Å². The lowest BCUT2D eigenvalue weighted by molar-refractivity contribution is -0.123. The van der Waals surface area contributed by atoms with Crippen LogP contribution in [0.3, 0.4) is 0 Å². The zero-order valence-corrected chi connectivity index (χ0v) is 6.23. The summed E-state index contributed by atoms with van der Waals surface area (Å²) in [4.78, 5) is 16.2. The summed E-state index contributed by atoms with van der Waals surface area (Å²) in [7, 11) is 3.43. The molecule has 3 nitrogen and oxygen atoms in total. The fraction of sp³-hybridized carbons (Fsp3) is 0.600. The van der Waals surface area contributed by atoms with E-state index in [1.807, 2.05) is 0 Å². The number of hydrogen-bond acceptors (Lipinski definition) is 3. The van der Waals surface area contributed by atoms with Crippen molar-refractivity contribution < 1.29 is 4.79 Å². The van der Waals surface area contributed by atoms with Crippen molar-refractivity contribution >= 4 is 22.8 Å². The van der Waals surface area contributed by atoms with Gasteiger partial charge in [0.15, 0.2) is 5.17 Å². The van der Waals surface area contributed by atoms with Crippen molar-refractivity contribution in [1.29, 1.82) is 0 Å². The van der Waals surface area contributed by atoms with Crippen molar-refractivity contribution in [2.24, 2.45) is 4.99 Å². The Morgan fingerprint density at radius 2 is 2.44 bits per heavy atom. The fourth-order valence-electron chi connectivity index (χ4n) is 0.641. The van der Waals surface area contributed by atoms with Gasteiger partial charge in [-0.25, -0.2) is 0 Å². The molecule has 0 atom stereocenters. The molecular weight excluding hydrogens is 136 g/mol. The van der Waals surface area contributed by atoms with Gasteiger partial charge < -0.3 is 0 Å². The summed E-state index contributed by atoms with van der Waals surface area (Å²) in [5.74, 6) is 0.684. The Bertz CT molecular complexity index is 166. The molecule has 0 N–H and O–H groups in total. The van der Waals surface area contributed by atoms with Gasteiger partial charge in [0, 0.05) is 14.1 Å². The molecule has 0 aromatic rings. The third-order valence-corrected chi connectivity index (χ3v) is 2.28. The third kappa shape index (κ3) is 1.08. The number of amides is 1. The van der Waals surface area contributed by atoms with Crippen LogP contribution in [0.25, 0.3) is 0 Å². The second-order valence-corrected chi connectivity index (χ2v) is 2.69. The smallest absolute Gasteiger partial charge is 0.238 e. The molecule has 0 aromatic carbocycles. The molecule has 1 aliphatic heterocycles. The highest BCUT2D eigenvalue weighted by Crippen LogP contribution is 2.16. The zero-order chi connectivity index (χ0) is 6.85. The number of amidine groups is 1. The minimum atomic E-state index is 0.139. The molecule has 50 valence electrons. The number of carbonyl (C=O) groups is 1. The van der Waals surface area contributed by atoms with Crippen LogP contribution < -0.4 is 0 Å². The van der Waals surface area contributed by atoms with Crippen LogP contribution in [0.1, 0.15) is 0 Å². The third-order valence-electron chi connectivity index (χ3n) is 1.18. The van der Waals surface area contributed by atoms with Gasteiger partial charge in [0.05, 0.1) is 5.75 Å². The first-order chi connectivity index (χ1) is 4.25. The summed E-state index contributed by atoms with van der Waals surface area (Å²) in [5.41, 5.74) is 0. The normalized spacial score (nSPS) is 24.0. The van der Waals surface area contributed by atoms with E-state index in [2.05, 4.69) is 4.99 Å². The van der Waals surface area contributed by atoms with E-state index in [-0.39, 0.29) is 5.91 Å². The predicted molar refractivity (Wildman–Crippen MR) is 38.6 cm³/mol. The number of rotatable bonds is 0. The van der Waals surface area contributed by atoms with E-state index >= 15 is 0 Å². The van der Waals surface area contributed by atoms with Crippen molar-refractivity contribution in [2.75, 3.05) is 19.8 Å². The molecule has 0 unspecified atom stereocenters. The molecule has 1 saturated heterocycles. The van der Waals surface area contributed by atoms with Gasteiger partial charge in [-0.05, 0) is 0 Å². The molecule has 0 saturated carbocycles. The van der Waals surface area contributed by atoms with Crippen LogP contribution in [0.15, 0.2) is 4.99 Å². The first kappa shape index (κ1) is 6.61. The van der Waals surface area contributed by atoms with Crippen molar-refractivity contribution in [3.8, 4) is 0 Å². The highest BCUT2D eigenvalue weighted by molar-refractivity contribution is 8.15. The molecule has 1 amide bonds. The fourth-order valence-corrected chi connectivity index (χ4v) is 1.51. The van der Waals surface area contributed by atoms with Crippen LogP contribution in [-0.4, -0.2) is 35.8 Å². The average Bonchev–Trinajstić information content (AvgIpc) is 2.15. The second kappa shape index (κ2) is 2.39. The maximum atomic E-state index is 10.8. The van der Waals surface area contributed by atoms with E-state index in [0.29, 0.717) is 5.75 Å². The summed E-state index contributed by atoms with van der Waals surface area (Å²) in [5, 5.41) is 0.819. The monoisotopic (exact) mass is 144 g/mol. The molecule has 0 radical (unpaired) electrons. The number of aliphatic imine (C=N–C) groups is 1. The lowest BCUT2D eigenvalue weighted by Crippen LogP contribution is -2.24. The van der Waals surface area contributed by atoms with Gasteiger partial charge in [0.2, 0.25) is 5.91 Å². The molecule has 0 aromatic heterocycles. The topological polar surface area (TPSA) is 32.7 Å². The SMILES string of the molecule is CN=C1SCC(=O)N1C. The van der Waals surface area contributed by atoms with Crippen molar-refractivity contribution in [2.45, 2.75) is 0 Å². The first-order valence-electron chi connectivity index (χ1n) is 2.62. The predicted octanol–water partition coefficient (Wildman–Crippen LogP) is 0.177.